The van der Waals surface area contributed by atoms with Gasteiger partial charge in [0.2, 0.25) is 5.91 Å². The number of fused-ring (bicyclic) bond motifs is 1. The highest BCUT2D eigenvalue weighted by molar-refractivity contribution is 5.83. The molecule has 0 aliphatic carbocycles. The van der Waals surface area contributed by atoms with E-state index in [1.54, 1.807) is 0 Å². The van der Waals surface area contributed by atoms with Crippen LogP contribution in [0.25, 0.3) is 11.0 Å². The van der Waals surface area contributed by atoms with Crippen molar-refractivity contribution >= 4 is 16.9 Å². The van der Waals surface area contributed by atoms with Gasteiger partial charge in [-0.3, -0.25) is 4.79 Å². The van der Waals surface area contributed by atoms with Crippen LogP contribution in [-0.4, -0.2) is 18.5 Å². The van der Waals surface area contributed by atoms with Gasteiger partial charge in [-0.25, -0.2) is 0 Å². The summed E-state index contributed by atoms with van der Waals surface area (Å²) in [6.45, 7) is 3.57. The van der Waals surface area contributed by atoms with Crippen molar-refractivity contribution in [3.63, 3.8) is 0 Å². The van der Waals surface area contributed by atoms with Crippen LogP contribution in [0.4, 0.5) is 0 Å². The fraction of sp³-hybridized carbons (Fsp3) is 0.471. The summed E-state index contributed by atoms with van der Waals surface area (Å²) in [7, 11) is 0. The van der Waals surface area contributed by atoms with E-state index in [0.717, 1.165) is 49.0 Å². The van der Waals surface area contributed by atoms with Crippen molar-refractivity contribution in [1.29, 1.82) is 0 Å². The number of hydrogen-bond donors (Lipinski definition) is 2. The minimum atomic E-state index is -0.0918. The highest BCUT2D eigenvalue weighted by atomic mass is 16.3. The fourth-order valence-corrected chi connectivity index (χ4v) is 2.99. The molecule has 1 saturated heterocycles. The highest BCUT2D eigenvalue weighted by Gasteiger charge is 2.21. The molecule has 1 aromatic heterocycles. The van der Waals surface area contributed by atoms with Crippen LogP contribution in [0.2, 0.25) is 0 Å². The summed E-state index contributed by atoms with van der Waals surface area (Å²) in [6.07, 6.45) is 3.92. The predicted molar refractivity (Wildman–Crippen MR) is 83.1 cm³/mol. The lowest BCUT2D eigenvalue weighted by molar-refractivity contribution is -0.122. The number of benzene rings is 1. The van der Waals surface area contributed by atoms with Crippen LogP contribution >= 0.6 is 0 Å². The van der Waals surface area contributed by atoms with Gasteiger partial charge in [-0.1, -0.05) is 25.1 Å². The van der Waals surface area contributed by atoms with Gasteiger partial charge in [-0.15, -0.1) is 0 Å². The molecule has 1 atom stereocenters. The lowest BCUT2D eigenvalue weighted by Crippen LogP contribution is -2.42. The number of aryl methyl sites for hydroxylation is 1. The molecule has 112 valence electrons. The Labute approximate surface area is 124 Å². The molecule has 0 saturated carbocycles. The zero-order valence-electron chi connectivity index (χ0n) is 12.4. The number of rotatable bonds is 4. The molecule has 2 heterocycles. The Hall–Kier alpha value is -1.81. The topological polar surface area (TPSA) is 54.3 Å². The second-order valence-electron chi connectivity index (χ2n) is 5.57. The molecule has 4 heteroatoms. The molecular formula is C17H22N2O2. The second-order valence-corrected chi connectivity index (χ2v) is 5.57. The van der Waals surface area contributed by atoms with Crippen molar-refractivity contribution < 1.29 is 9.21 Å². The second kappa shape index (κ2) is 6.31. The summed E-state index contributed by atoms with van der Waals surface area (Å²) in [5.41, 5.74) is 2.11. The van der Waals surface area contributed by atoms with Crippen LogP contribution in [0, 0.1) is 0 Å². The highest BCUT2D eigenvalue weighted by Crippen LogP contribution is 2.26. The van der Waals surface area contributed by atoms with Crippen LogP contribution in [0.3, 0.4) is 0 Å². The first-order valence-corrected chi connectivity index (χ1v) is 7.80. The zero-order chi connectivity index (χ0) is 14.7. The first-order chi connectivity index (χ1) is 10.3. The van der Waals surface area contributed by atoms with Gasteiger partial charge in [-0.2, -0.15) is 0 Å². The van der Waals surface area contributed by atoms with E-state index in [1.807, 2.05) is 18.2 Å². The first-order valence-electron chi connectivity index (χ1n) is 7.80. The standard InChI is InChI=1S/C17H22N2O2/c1-2-15-13(12-7-3-4-9-16(12)21-15)11-19-14-8-5-6-10-18-17(14)20/h3-4,7,9,14,19H,2,5-6,8,10-11H2,1H3,(H,18,20). The Morgan fingerprint density at radius 3 is 3.05 bits per heavy atom. The van der Waals surface area contributed by atoms with Crippen molar-refractivity contribution in [2.45, 2.75) is 45.2 Å². The molecule has 2 N–H and O–H groups in total. The number of carbonyl (C=O) groups is 1. The summed E-state index contributed by atoms with van der Waals surface area (Å²) >= 11 is 0. The molecule has 1 fully saturated rings. The van der Waals surface area contributed by atoms with E-state index in [0.29, 0.717) is 6.54 Å². The maximum absolute atomic E-state index is 12.0. The van der Waals surface area contributed by atoms with Crippen molar-refractivity contribution in [2.24, 2.45) is 0 Å². The van der Waals surface area contributed by atoms with E-state index >= 15 is 0 Å². The maximum Gasteiger partial charge on any atom is 0.237 e. The lowest BCUT2D eigenvalue weighted by atomic mass is 10.1. The molecule has 2 aromatic rings. The van der Waals surface area contributed by atoms with E-state index < -0.39 is 0 Å². The van der Waals surface area contributed by atoms with Crippen LogP contribution in [0.1, 0.15) is 37.5 Å². The molecule has 1 aliphatic rings. The SMILES string of the molecule is CCc1oc2ccccc2c1CNC1CCCCNC1=O. The van der Waals surface area contributed by atoms with Gasteiger partial charge in [-0.05, 0) is 25.3 Å². The van der Waals surface area contributed by atoms with E-state index in [4.69, 9.17) is 4.42 Å². The fourth-order valence-electron chi connectivity index (χ4n) is 2.99. The van der Waals surface area contributed by atoms with Gasteiger partial charge in [0.15, 0.2) is 0 Å². The third kappa shape index (κ3) is 2.95. The number of nitrogens with one attached hydrogen (secondary N) is 2. The predicted octanol–water partition coefficient (Wildman–Crippen LogP) is 2.75. The van der Waals surface area contributed by atoms with Gasteiger partial charge < -0.3 is 15.1 Å². The molecular weight excluding hydrogens is 264 g/mol. The van der Waals surface area contributed by atoms with Gasteiger partial charge >= 0.3 is 0 Å². The molecule has 0 bridgehead atoms. The van der Waals surface area contributed by atoms with Crippen LogP contribution in [-0.2, 0) is 17.8 Å². The minimum Gasteiger partial charge on any atom is -0.461 e. The largest absolute Gasteiger partial charge is 0.461 e. The minimum absolute atomic E-state index is 0.0918. The van der Waals surface area contributed by atoms with E-state index in [2.05, 4.69) is 23.6 Å². The van der Waals surface area contributed by atoms with Crippen molar-refractivity contribution in [2.75, 3.05) is 6.54 Å². The average molecular weight is 286 g/mol. The van der Waals surface area contributed by atoms with E-state index in [9.17, 15) is 4.79 Å². The number of amides is 1. The number of furan rings is 1. The van der Waals surface area contributed by atoms with Gasteiger partial charge in [0.05, 0.1) is 6.04 Å². The number of carbonyl (C=O) groups excluding carboxylic acids is 1. The Morgan fingerprint density at radius 2 is 2.19 bits per heavy atom. The molecule has 1 amide bonds. The third-order valence-corrected chi connectivity index (χ3v) is 4.16. The monoisotopic (exact) mass is 286 g/mol. The van der Waals surface area contributed by atoms with E-state index in [-0.39, 0.29) is 11.9 Å². The Kier molecular flexibility index (Phi) is 4.25. The van der Waals surface area contributed by atoms with Gasteiger partial charge in [0.25, 0.3) is 0 Å². The van der Waals surface area contributed by atoms with Crippen molar-refractivity contribution in [3.8, 4) is 0 Å². The van der Waals surface area contributed by atoms with Crippen LogP contribution in [0.5, 0.6) is 0 Å². The summed E-state index contributed by atoms with van der Waals surface area (Å²) in [5, 5.41) is 7.52. The number of para-hydroxylation sites is 1. The average Bonchev–Trinajstić information content (AvgIpc) is 2.74. The quantitative estimate of drug-likeness (QED) is 0.908. The molecule has 4 nitrogen and oxygen atoms in total. The smallest absolute Gasteiger partial charge is 0.237 e. The Bertz CT molecular complexity index is 633. The summed E-state index contributed by atoms with van der Waals surface area (Å²) < 4.78 is 5.90. The lowest BCUT2D eigenvalue weighted by Gasteiger charge is -2.15. The van der Waals surface area contributed by atoms with Crippen molar-refractivity contribution in [1.82, 2.24) is 10.6 Å². The first kappa shape index (κ1) is 14.1. The maximum atomic E-state index is 12.0. The van der Waals surface area contributed by atoms with E-state index in [1.165, 1.54) is 5.56 Å². The summed E-state index contributed by atoms with van der Waals surface area (Å²) in [5.74, 6) is 1.14. The molecule has 1 aromatic carbocycles. The van der Waals surface area contributed by atoms with Crippen LogP contribution in [0.15, 0.2) is 28.7 Å². The number of hydrogen-bond acceptors (Lipinski definition) is 3. The Balaban J connectivity index is 1.79. The third-order valence-electron chi connectivity index (χ3n) is 4.16. The zero-order valence-corrected chi connectivity index (χ0v) is 12.4. The Morgan fingerprint density at radius 1 is 1.33 bits per heavy atom. The summed E-state index contributed by atoms with van der Waals surface area (Å²) in [4.78, 5) is 12.0. The van der Waals surface area contributed by atoms with Gasteiger partial charge in [0.1, 0.15) is 11.3 Å². The normalized spacial score (nSPS) is 19.5. The van der Waals surface area contributed by atoms with Crippen LogP contribution < -0.4 is 10.6 Å². The summed E-state index contributed by atoms with van der Waals surface area (Å²) in [6, 6.07) is 8.00. The molecule has 1 unspecified atom stereocenters. The molecule has 0 radical (unpaired) electrons. The molecule has 21 heavy (non-hydrogen) atoms. The molecule has 3 rings (SSSR count). The molecule has 1 aliphatic heterocycles. The van der Waals surface area contributed by atoms with Crippen molar-refractivity contribution in [3.05, 3.63) is 35.6 Å². The molecule has 0 spiro atoms. The van der Waals surface area contributed by atoms with Gasteiger partial charge in [0, 0.05) is 30.5 Å².